The van der Waals surface area contributed by atoms with Crippen LogP contribution in [0.2, 0.25) is 0 Å². The average molecular weight is 295 g/mol. The van der Waals surface area contributed by atoms with E-state index in [0.29, 0.717) is 12.1 Å². The van der Waals surface area contributed by atoms with Gasteiger partial charge in [-0.3, -0.25) is 9.48 Å². The number of phenolic OH excluding ortho intramolecular Hbond substituents is 1. The van der Waals surface area contributed by atoms with Gasteiger partial charge in [-0.25, -0.2) is 0 Å². The van der Waals surface area contributed by atoms with E-state index in [0.717, 1.165) is 16.3 Å². The van der Waals surface area contributed by atoms with Crippen LogP contribution in [0.1, 0.15) is 15.9 Å². The lowest BCUT2D eigenvalue weighted by Gasteiger charge is -2.17. The Hall–Kier alpha value is -2.82. The van der Waals surface area contributed by atoms with Crippen LogP contribution in [0, 0.1) is 0 Å². The summed E-state index contributed by atoms with van der Waals surface area (Å²) in [4.78, 5) is 14.1. The van der Waals surface area contributed by atoms with E-state index in [9.17, 15) is 9.90 Å². The van der Waals surface area contributed by atoms with Gasteiger partial charge in [-0.1, -0.05) is 24.3 Å². The molecule has 22 heavy (non-hydrogen) atoms. The fourth-order valence-electron chi connectivity index (χ4n) is 2.50. The first-order valence-electron chi connectivity index (χ1n) is 6.99. The summed E-state index contributed by atoms with van der Waals surface area (Å²) in [6.45, 7) is 0.443. The van der Waals surface area contributed by atoms with Crippen LogP contribution in [-0.4, -0.2) is 32.7 Å². The van der Waals surface area contributed by atoms with E-state index < -0.39 is 0 Å². The molecule has 0 saturated carbocycles. The summed E-state index contributed by atoms with van der Waals surface area (Å²) in [5.41, 5.74) is 1.25. The molecule has 0 radical (unpaired) electrons. The second-order valence-corrected chi connectivity index (χ2v) is 5.40. The number of carbonyl (C=O) groups excluding carboxylic acids is 1. The molecule has 0 saturated heterocycles. The molecule has 5 heteroatoms. The molecule has 0 aliphatic heterocycles. The van der Waals surface area contributed by atoms with Gasteiger partial charge >= 0.3 is 0 Å². The van der Waals surface area contributed by atoms with Crippen LogP contribution in [0.5, 0.6) is 5.75 Å². The van der Waals surface area contributed by atoms with Crippen molar-refractivity contribution in [2.45, 2.75) is 6.54 Å². The summed E-state index contributed by atoms with van der Waals surface area (Å²) in [5, 5.41) is 16.1. The average Bonchev–Trinajstić information content (AvgIpc) is 2.91. The van der Waals surface area contributed by atoms with E-state index in [1.165, 1.54) is 0 Å². The van der Waals surface area contributed by atoms with Crippen molar-refractivity contribution in [2.75, 3.05) is 7.05 Å². The summed E-state index contributed by atoms with van der Waals surface area (Å²) in [6.07, 6.45) is 3.59. The Morgan fingerprint density at radius 1 is 1.27 bits per heavy atom. The summed E-state index contributed by atoms with van der Waals surface area (Å²) >= 11 is 0. The van der Waals surface area contributed by atoms with Gasteiger partial charge in [0.15, 0.2) is 0 Å². The van der Waals surface area contributed by atoms with Crippen LogP contribution in [0.4, 0.5) is 0 Å². The van der Waals surface area contributed by atoms with Crippen molar-refractivity contribution in [2.24, 2.45) is 7.05 Å². The highest BCUT2D eigenvalue weighted by atomic mass is 16.3. The standard InChI is InChI=1S/C17H17N3O2/c1-19(10-12-9-18-20(2)11-12)17(22)15-7-13-5-3-4-6-14(13)8-16(15)21/h3-9,11,21H,10H2,1-2H3. The van der Waals surface area contributed by atoms with E-state index in [1.54, 1.807) is 35.0 Å². The monoisotopic (exact) mass is 295 g/mol. The fourth-order valence-corrected chi connectivity index (χ4v) is 2.50. The molecule has 0 aliphatic carbocycles. The molecule has 2 aromatic carbocycles. The van der Waals surface area contributed by atoms with Crippen molar-refractivity contribution in [3.05, 3.63) is 59.9 Å². The second kappa shape index (κ2) is 5.52. The molecule has 3 rings (SSSR count). The summed E-state index contributed by atoms with van der Waals surface area (Å²) in [5.74, 6) is -0.214. The summed E-state index contributed by atoms with van der Waals surface area (Å²) in [6, 6.07) is 11.0. The Bertz CT molecular complexity index is 839. The number of amides is 1. The third kappa shape index (κ3) is 2.65. The number of phenols is 1. The maximum atomic E-state index is 12.6. The van der Waals surface area contributed by atoms with Gasteiger partial charge in [0.25, 0.3) is 5.91 Å². The Kier molecular flexibility index (Phi) is 3.55. The Labute approximate surface area is 128 Å². The maximum absolute atomic E-state index is 12.6. The van der Waals surface area contributed by atoms with Crippen LogP contribution >= 0.6 is 0 Å². The molecule has 1 heterocycles. The summed E-state index contributed by atoms with van der Waals surface area (Å²) in [7, 11) is 3.55. The fraction of sp³-hybridized carbons (Fsp3) is 0.176. The third-order valence-corrected chi connectivity index (χ3v) is 3.62. The number of rotatable bonds is 3. The molecular formula is C17H17N3O2. The van der Waals surface area contributed by atoms with E-state index in [4.69, 9.17) is 0 Å². The van der Waals surface area contributed by atoms with Gasteiger partial charge in [-0.05, 0) is 22.9 Å². The molecule has 0 bridgehead atoms. The third-order valence-electron chi connectivity index (χ3n) is 3.62. The number of aryl methyl sites for hydroxylation is 1. The first kappa shape index (κ1) is 14.1. The number of hydrogen-bond donors (Lipinski definition) is 1. The predicted octanol–water partition coefficient (Wildman–Crippen LogP) is 2.55. The zero-order chi connectivity index (χ0) is 15.7. The smallest absolute Gasteiger partial charge is 0.257 e. The Morgan fingerprint density at radius 3 is 2.59 bits per heavy atom. The van der Waals surface area contributed by atoms with E-state index >= 15 is 0 Å². The van der Waals surface area contributed by atoms with Gasteiger partial charge < -0.3 is 10.0 Å². The predicted molar refractivity (Wildman–Crippen MR) is 84.6 cm³/mol. The van der Waals surface area contributed by atoms with Crippen molar-refractivity contribution in [3.63, 3.8) is 0 Å². The lowest BCUT2D eigenvalue weighted by Crippen LogP contribution is -2.26. The molecule has 1 aromatic heterocycles. The zero-order valence-corrected chi connectivity index (χ0v) is 12.5. The van der Waals surface area contributed by atoms with Gasteiger partial charge in [0.1, 0.15) is 5.75 Å². The topological polar surface area (TPSA) is 58.4 Å². The largest absolute Gasteiger partial charge is 0.507 e. The van der Waals surface area contributed by atoms with Crippen molar-refractivity contribution in [3.8, 4) is 5.75 Å². The van der Waals surface area contributed by atoms with E-state index in [1.807, 2.05) is 37.5 Å². The first-order valence-corrected chi connectivity index (χ1v) is 6.99. The minimum Gasteiger partial charge on any atom is -0.507 e. The van der Waals surface area contributed by atoms with Crippen molar-refractivity contribution in [1.82, 2.24) is 14.7 Å². The van der Waals surface area contributed by atoms with Crippen LogP contribution in [0.3, 0.4) is 0 Å². The van der Waals surface area contributed by atoms with Gasteiger partial charge in [0.05, 0.1) is 11.8 Å². The molecule has 112 valence electrons. The molecule has 1 N–H and O–H groups in total. The maximum Gasteiger partial charge on any atom is 0.257 e. The highest BCUT2D eigenvalue weighted by molar-refractivity contribution is 6.01. The van der Waals surface area contributed by atoms with Crippen LogP contribution in [-0.2, 0) is 13.6 Å². The first-order chi connectivity index (χ1) is 10.5. The van der Waals surface area contributed by atoms with E-state index in [2.05, 4.69) is 5.10 Å². The van der Waals surface area contributed by atoms with Gasteiger partial charge in [-0.15, -0.1) is 0 Å². The molecule has 0 fully saturated rings. The normalized spacial score (nSPS) is 10.8. The van der Waals surface area contributed by atoms with Crippen LogP contribution < -0.4 is 0 Å². The van der Waals surface area contributed by atoms with Gasteiger partial charge in [0, 0.05) is 32.4 Å². The van der Waals surface area contributed by atoms with Gasteiger partial charge in [0.2, 0.25) is 0 Å². The quantitative estimate of drug-likeness (QED) is 0.808. The minimum atomic E-state index is -0.216. The number of hydrogen-bond acceptors (Lipinski definition) is 3. The van der Waals surface area contributed by atoms with E-state index in [-0.39, 0.29) is 11.7 Å². The molecule has 0 aliphatic rings. The highest BCUT2D eigenvalue weighted by Crippen LogP contribution is 2.26. The lowest BCUT2D eigenvalue weighted by molar-refractivity contribution is 0.0782. The number of carbonyl (C=O) groups is 1. The second-order valence-electron chi connectivity index (χ2n) is 5.40. The SMILES string of the molecule is CN(Cc1cnn(C)c1)C(=O)c1cc2ccccc2cc1O. The molecule has 3 aromatic rings. The van der Waals surface area contributed by atoms with Crippen molar-refractivity contribution in [1.29, 1.82) is 0 Å². The lowest BCUT2D eigenvalue weighted by atomic mass is 10.0. The minimum absolute atomic E-state index is 0.00161. The molecular weight excluding hydrogens is 278 g/mol. The number of aromatic nitrogens is 2. The molecule has 0 unspecified atom stereocenters. The van der Waals surface area contributed by atoms with Crippen molar-refractivity contribution >= 4 is 16.7 Å². The molecule has 0 spiro atoms. The van der Waals surface area contributed by atoms with Crippen LogP contribution in [0.15, 0.2) is 48.8 Å². The number of aromatic hydroxyl groups is 1. The summed E-state index contributed by atoms with van der Waals surface area (Å²) < 4.78 is 1.70. The van der Waals surface area contributed by atoms with Crippen molar-refractivity contribution < 1.29 is 9.90 Å². The number of fused-ring (bicyclic) bond motifs is 1. The molecule has 5 nitrogen and oxygen atoms in total. The van der Waals surface area contributed by atoms with Crippen LogP contribution in [0.25, 0.3) is 10.8 Å². The Morgan fingerprint density at radius 2 is 1.95 bits per heavy atom. The zero-order valence-electron chi connectivity index (χ0n) is 12.5. The number of benzene rings is 2. The number of nitrogens with zero attached hydrogens (tertiary/aromatic N) is 3. The molecule has 0 atom stereocenters. The molecule has 1 amide bonds. The Balaban J connectivity index is 1.89. The van der Waals surface area contributed by atoms with Gasteiger partial charge in [-0.2, -0.15) is 5.10 Å². The highest BCUT2D eigenvalue weighted by Gasteiger charge is 2.17.